The van der Waals surface area contributed by atoms with E-state index in [0.29, 0.717) is 5.56 Å². The summed E-state index contributed by atoms with van der Waals surface area (Å²) >= 11 is 0. The van der Waals surface area contributed by atoms with Crippen LogP contribution >= 0.6 is 0 Å². The summed E-state index contributed by atoms with van der Waals surface area (Å²) in [6.45, 7) is 5.36. The number of hydrogen-bond donors (Lipinski definition) is 2. The van der Waals surface area contributed by atoms with Crippen LogP contribution in [0.25, 0.3) is 0 Å². The standard InChI is InChI=1S/C18H23F3N2O3/c1-17(2,3)15(24)11-16(25)23-14(8-5-9-22)12-6-4-7-13(10-12)26-18(19,20)21/h4,6-7,10,14-15,24H,5,8,11H2,1-3H3,(H,23,25)/t14-,15-/m0/s1. The molecule has 0 aromatic heterocycles. The fraction of sp³-hybridized carbons (Fsp3) is 0.556. The number of benzene rings is 1. The Bertz CT molecular complexity index is 648. The molecule has 0 radical (unpaired) electrons. The Morgan fingerprint density at radius 1 is 1.35 bits per heavy atom. The Hall–Kier alpha value is -2.27. The van der Waals surface area contributed by atoms with E-state index in [-0.39, 0.29) is 19.3 Å². The summed E-state index contributed by atoms with van der Waals surface area (Å²) in [6, 6.07) is 6.55. The second-order valence-electron chi connectivity index (χ2n) is 7.02. The maximum Gasteiger partial charge on any atom is 0.573 e. The van der Waals surface area contributed by atoms with Crippen LogP contribution in [0, 0.1) is 16.7 Å². The van der Waals surface area contributed by atoms with Gasteiger partial charge in [0, 0.05) is 6.42 Å². The second kappa shape index (κ2) is 8.90. The summed E-state index contributed by atoms with van der Waals surface area (Å²) in [7, 11) is 0. The quantitative estimate of drug-likeness (QED) is 0.762. The van der Waals surface area contributed by atoms with Crippen molar-refractivity contribution < 1.29 is 27.8 Å². The molecule has 5 nitrogen and oxygen atoms in total. The number of aliphatic hydroxyl groups excluding tert-OH is 1. The van der Waals surface area contributed by atoms with E-state index in [1.807, 2.05) is 6.07 Å². The molecule has 1 amide bonds. The predicted octanol–water partition coefficient (Wildman–Crippen LogP) is 3.84. The lowest BCUT2D eigenvalue weighted by Gasteiger charge is -2.26. The van der Waals surface area contributed by atoms with E-state index < -0.39 is 35.6 Å². The van der Waals surface area contributed by atoms with Gasteiger partial charge in [-0.1, -0.05) is 32.9 Å². The first kappa shape index (κ1) is 21.8. The normalized spacial score (nSPS) is 14.2. The minimum atomic E-state index is -4.82. The highest BCUT2D eigenvalue weighted by atomic mass is 19.4. The largest absolute Gasteiger partial charge is 0.573 e. The van der Waals surface area contributed by atoms with E-state index in [9.17, 15) is 23.1 Å². The van der Waals surface area contributed by atoms with Crippen LogP contribution in [-0.2, 0) is 4.79 Å². The van der Waals surface area contributed by atoms with Crippen LogP contribution in [0.4, 0.5) is 13.2 Å². The van der Waals surface area contributed by atoms with Crippen LogP contribution < -0.4 is 10.1 Å². The van der Waals surface area contributed by atoms with E-state index in [1.165, 1.54) is 12.1 Å². The summed E-state index contributed by atoms with van der Waals surface area (Å²) < 4.78 is 41.0. The van der Waals surface area contributed by atoms with Crippen LogP contribution in [0.5, 0.6) is 5.75 Å². The van der Waals surface area contributed by atoms with E-state index in [2.05, 4.69) is 10.1 Å². The fourth-order valence-corrected chi connectivity index (χ4v) is 2.19. The van der Waals surface area contributed by atoms with Crippen LogP contribution in [0.2, 0.25) is 0 Å². The number of alkyl halides is 3. The SMILES string of the molecule is CC(C)(C)[C@@H](O)CC(=O)N[C@@H](CCC#N)c1cccc(OC(F)(F)F)c1. The third kappa shape index (κ3) is 7.74. The van der Waals surface area contributed by atoms with Crippen molar-refractivity contribution in [2.75, 3.05) is 0 Å². The molecule has 8 heteroatoms. The van der Waals surface area contributed by atoms with Crippen molar-refractivity contribution in [1.82, 2.24) is 5.32 Å². The minimum Gasteiger partial charge on any atom is -0.406 e. The van der Waals surface area contributed by atoms with Crippen LogP contribution in [0.15, 0.2) is 24.3 Å². The summed E-state index contributed by atoms with van der Waals surface area (Å²) in [4.78, 5) is 12.2. The first-order valence-electron chi connectivity index (χ1n) is 8.12. The monoisotopic (exact) mass is 372 g/mol. The lowest BCUT2D eigenvalue weighted by molar-refractivity contribution is -0.274. The Balaban J connectivity index is 2.91. The molecule has 1 aromatic rings. The van der Waals surface area contributed by atoms with Gasteiger partial charge in [-0.25, -0.2) is 0 Å². The Morgan fingerprint density at radius 2 is 2.00 bits per heavy atom. The van der Waals surface area contributed by atoms with E-state index in [1.54, 1.807) is 26.8 Å². The topological polar surface area (TPSA) is 82.4 Å². The number of nitrogens with one attached hydrogen (secondary N) is 1. The maximum absolute atomic E-state index is 12.4. The van der Waals surface area contributed by atoms with E-state index >= 15 is 0 Å². The Morgan fingerprint density at radius 3 is 2.54 bits per heavy atom. The average molecular weight is 372 g/mol. The third-order valence-electron chi connectivity index (χ3n) is 3.75. The molecule has 26 heavy (non-hydrogen) atoms. The smallest absolute Gasteiger partial charge is 0.406 e. The molecule has 2 atom stereocenters. The summed E-state index contributed by atoms with van der Waals surface area (Å²) in [5, 5.41) is 21.5. The van der Waals surface area contributed by atoms with E-state index in [4.69, 9.17) is 5.26 Å². The van der Waals surface area contributed by atoms with Crippen LogP contribution in [0.1, 0.15) is 51.6 Å². The van der Waals surface area contributed by atoms with Gasteiger partial charge in [0.25, 0.3) is 0 Å². The number of rotatable bonds is 7. The molecule has 1 aromatic carbocycles. The molecule has 1 rings (SSSR count). The van der Waals surface area contributed by atoms with E-state index in [0.717, 1.165) is 6.07 Å². The number of halogens is 3. The Labute approximate surface area is 150 Å². The third-order valence-corrected chi connectivity index (χ3v) is 3.75. The van der Waals surface area contributed by atoms with Gasteiger partial charge in [0.2, 0.25) is 5.91 Å². The number of nitrogens with zero attached hydrogens (tertiary/aromatic N) is 1. The van der Waals surface area contributed by atoms with Gasteiger partial charge >= 0.3 is 6.36 Å². The molecule has 0 unspecified atom stereocenters. The second-order valence-corrected chi connectivity index (χ2v) is 7.02. The van der Waals surface area contributed by atoms with Gasteiger partial charge in [-0.3, -0.25) is 4.79 Å². The molecule has 0 aliphatic carbocycles. The molecule has 2 N–H and O–H groups in total. The molecule has 0 bridgehead atoms. The summed E-state index contributed by atoms with van der Waals surface area (Å²) in [6.07, 6.45) is -5.51. The van der Waals surface area contributed by atoms with Gasteiger partial charge in [0.1, 0.15) is 5.75 Å². The van der Waals surface area contributed by atoms with Gasteiger partial charge < -0.3 is 15.2 Å². The highest BCUT2D eigenvalue weighted by molar-refractivity contribution is 5.77. The number of aliphatic hydroxyl groups is 1. The number of carbonyl (C=O) groups is 1. The number of carbonyl (C=O) groups excluding carboxylic acids is 1. The average Bonchev–Trinajstić information content (AvgIpc) is 2.49. The lowest BCUT2D eigenvalue weighted by Crippen LogP contribution is -2.35. The number of nitriles is 1. The number of ether oxygens (including phenoxy) is 1. The molecule has 0 fully saturated rings. The van der Waals surface area contributed by atoms with Crippen molar-refractivity contribution in [2.45, 2.75) is 58.5 Å². The first-order chi connectivity index (χ1) is 11.9. The Kier molecular flexibility index (Phi) is 7.45. The lowest BCUT2D eigenvalue weighted by atomic mass is 9.87. The first-order valence-corrected chi connectivity index (χ1v) is 8.12. The van der Waals surface area contributed by atoms with Gasteiger partial charge in [-0.05, 0) is 29.5 Å². The maximum atomic E-state index is 12.4. The van der Waals surface area contributed by atoms with Gasteiger partial charge in [-0.15, -0.1) is 13.2 Å². The number of hydrogen-bond acceptors (Lipinski definition) is 4. The minimum absolute atomic E-state index is 0.108. The van der Waals surface area contributed by atoms with Crippen molar-refractivity contribution in [2.24, 2.45) is 5.41 Å². The van der Waals surface area contributed by atoms with Crippen molar-refractivity contribution in [3.63, 3.8) is 0 Å². The molecule has 0 spiro atoms. The van der Waals surface area contributed by atoms with Crippen molar-refractivity contribution >= 4 is 5.91 Å². The predicted molar refractivity (Wildman–Crippen MR) is 88.9 cm³/mol. The summed E-state index contributed by atoms with van der Waals surface area (Å²) in [5.74, 6) is -0.849. The van der Waals surface area contributed by atoms with Gasteiger partial charge in [-0.2, -0.15) is 5.26 Å². The molecule has 0 saturated carbocycles. The fourth-order valence-electron chi connectivity index (χ4n) is 2.19. The molecule has 144 valence electrons. The highest BCUT2D eigenvalue weighted by Gasteiger charge is 2.31. The molecule has 0 aliphatic heterocycles. The van der Waals surface area contributed by atoms with Crippen molar-refractivity contribution in [3.8, 4) is 11.8 Å². The molecule has 0 aliphatic rings. The zero-order valence-electron chi connectivity index (χ0n) is 14.9. The van der Waals surface area contributed by atoms with Crippen molar-refractivity contribution in [3.05, 3.63) is 29.8 Å². The molecular weight excluding hydrogens is 349 g/mol. The van der Waals surface area contributed by atoms with Crippen LogP contribution in [0.3, 0.4) is 0 Å². The molecular formula is C18H23F3N2O3. The van der Waals surface area contributed by atoms with Crippen molar-refractivity contribution in [1.29, 1.82) is 5.26 Å². The zero-order chi connectivity index (χ0) is 20.0. The molecule has 0 saturated heterocycles. The van der Waals surface area contributed by atoms with Gasteiger partial charge in [0.05, 0.1) is 24.6 Å². The summed E-state index contributed by atoms with van der Waals surface area (Å²) in [5.41, 5.74) is -0.0967. The van der Waals surface area contributed by atoms with Gasteiger partial charge in [0.15, 0.2) is 0 Å². The highest BCUT2D eigenvalue weighted by Crippen LogP contribution is 2.28. The van der Waals surface area contributed by atoms with Crippen LogP contribution in [-0.4, -0.2) is 23.5 Å². The number of amides is 1. The molecule has 0 heterocycles. The zero-order valence-corrected chi connectivity index (χ0v) is 14.9.